The fourth-order valence-corrected chi connectivity index (χ4v) is 4.43. The third-order valence-electron chi connectivity index (χ3n) is 6.24. The molecular weight excluding hydrogens is 416 g/mol. The fourth-order valence-electron chi connectivity index (χ4n) is 4.43. The topological polar surface area (TPSA) is 65.0 Å². The lowest BCUT2D eigenvalue weighted by atomic mass is 9.88. The summed E-state index contributed by atoms with van der Waals surface area (Å²) in [5.74, 6) is 4.99. The van der Waals surface area contributed by atoms with Crippen LogP contribution in [0.3, 0.4) is 0 Å². The van der Waals surface area contributed by atoms with Crippen molar-refractivity contribution in [2.24, 2.45) is 0 Å². The molecule has 1 aromatic rings. The van der Waals surface area contributed by atoms with Crippen LogP contribution in [-0.2, 0) is 14.3 Å². The minimum absolute atomic E-state index is 0.00841. The number of rotatable bonds is 7. The fraction of sp³-hybridized carbons (Fsp3) is 0.393. The lowest BCUT2D eigenvalue weighted by Crippen LogP contribution is -2.31. The molecule has 1 N–H and O–H groups in total. The van der Waals surface area contributed by atoms with Crippen molar-refractivity contribution >= 4 is 5.97 Å². The number of carbonyl (C=O) groups is 1. The molecule has 2 aliphatic carbocycles. The maximum atomic E-state index is 11.1. The molecule has 0 aromatic heterocycles. The van der Waals surface area contributed by atoms with E-state index in [1.165, 1.54) is 11.1 Å². The molecule has 1 aromatic carbocycles. The van der Waals surface area contributed by atoms with Crippen molar-refractivity contribution in [3.05, 3.63) is 76.9 Å². The van der Waals surface area contributed by atoms with Gasteiger partial charge in [0, 0.05) is 12.8 Å². The van der Waals surface area contributed by atoms with Gasteiger partial charge in [0.2, 0.25) is 0 Å². The second-order valence-electron chi connectivity index (χ2n) is 8.48. The molecular formula is C28H30O5. The molecule has 4 rings (SSSR count). The zero-order valence-corrected chi connectivity index (χ0v) is 19.0. The Bertz CT molecular complexity index is 1040. The third kappa shape index (κ3) is 6.04. The molecule has 0 bridgehead atoms. The number of aliphatic carboxylic acids is 1. The molecule has 1 unspecified atom stereocenters. The molecule has 172 valence electrons. The summed E-state index contributed by atoms with van der Waals surface area (Å²) in [7, 11) is 0. The lowest BCUT2D eigenvalue weighted by molar-refractivity contribution is -0.161. The van der Waals surface area contributed by atoms with Crippen molar-refractivity contribution in [3.8, 4) is 17.6 Å². The highest BCUT2D eigenvalue weighted by molar-refractivity contribution is 5.69. The second-order valence-corrected chi connectivity index (χ2v) is 8.48. The van der Waals surface area contributed by atoms with Gasteiger partial charge in [0.15, 0.2) is 5.79 Å². The van der Waals surface area contributed by atoms with Crippen LogP contribution in [0.1, 0.15) is 50.5 Å². The third-order valence-corrected chi connectivity index (χ3v) is 6.24. The average molecular weight is 447 g/mol. The average Bonchev–Trinajstić information content (AvgIpc) is 3.13. The van der Waals surface area contributed by atoms with E-state index in [1.54, 1.807) is 6.92 Å². The Morgan fingerprint density at radius 1 is 1.18 bits per heavy atom. The molecule has 0 saturated carbocycles. The van der Waals surface area contributed by atoms with Gasteiger partial charge in [-0.05, 0) is 54.2 Å². The van der Waals surface area contributed by atoms with Crippen molar-refractivity contribution in [1.82, 2.24) is 0 Å². The molecule has 3 aliphatic rings. The van der Waals surface area contributed by atoms with Gasteiger partial charge in [-0.25, -0.2) is 0 Å². The molecule has 5 nitrogen and oxygen atoms in total. The molecule has 1 saturated heterocycles. The van der Waals surface area contributed by atoms with E-state index < -0.39 is 5.97 Å². The first-order chi connectivity index (χ1) is 16.1. The minimum Gasteiger partial charge on any atom is -0.489 e. The summed E-state index contributed by atoms with van der Waals surface area (Å²) in [5, 5.41) is 9.10. The molecule has 0 amide bonds. The van der Waals surface area contributed by atoms with Crippen LogP contribution in [0.15, 0.2) is 71.4 Å². The molecule has 1 heterocycles. The number of benzene rings is 1. The standard InChI is InChI=1S/C28H30O5/c1-2-4-25(19-27(29)30)23-9-11-26(12-10-23)31-20-21-5-3-6-22(8-7-21)24-13-15-28(16-14-24)32-17-18-33-28/h3,5-7,9-13,25H,8,14-20H2,1H3,(H,29,30). The van der Waals surface area contributed by atoms with Gasteiger partial charge in [-0.15, -0.1) is 5.92 Å². The lowest BCUT2D eigenvalue weighted by Gasteiger charge is -2.31. The van der Waals surface area contributed by atoms with Gasteiger partial charge in [-0.2, -0.15) is 0 Å². The Hall–Kier alpha value is -3.07. The largest absolute Gasteiger partial charge is 0.489 e. The maximum Gasteiger partial charge on any atom is 0.304 e. The smallest absolute Gasteiger partial charge is 0.304 e. The van der Waals surface area contributed by atoms with Crippen LogP contribution in [0.5, 0.6) is 5.75 Å². The van der Waals surface area contributed by atoms with E-state index in [4.69, 9.17) is 19.3 Å². The van der Waals surface area contributed by atoms with Gasteiger partial charge in [-0.3, -0.25) is 4.79 Å². The zero-order valence-electron chi connectivity index (χ0n) is 19.0. The zero-order chi connectivity index (χ0) is 23.1. The van der Waals surface area contributed by atoms with E-state index in [1.807, 2.05) is 24.3 Å². The Morgan fingerprint density at radius 2 is 1.97 bits per heavy atom. The van der Waals surface area contributed by atoms with Crippen LogP contribution in [0.2, 0.25) is 0 Å². The molecule has 1 spiro atoms. The highest BCUT2D eigenvalue weighted by Crippen LogP contribution is 2.38. The maximum absolute atomic E-state index is 11.1. The molecule has 33 heavy (non-hydrogen) atoms. The predicted octanol–water partition coefficient (Wildman–Crippen LogP) is 5.31. The number of allylic oxidation sites excluding steroid dienone is 5. The quantitative estimate of drug-likeness (QED) is 0.575. The number of carboxylic acid groups (broad SMARTS) is 1. The Balaban J connectivity index is 1.31. The highest BCUT2D eigenvalue weighted by Gasteiger charge is 2.37. The van der Waals surface area contributed by atoms with Crippen molar-refractivity contribution in [3.63, 3.8) is 0 Å². The van der Waals surface area contributed by atoms with Crippen molar-refractivity contribution in [1.29, 1.82) is 0 Å². The summed E-state index contributed by atoms with van der Waals surface area (Å²) >= 11 is 0. The summed E-state index contributed by atoms with van der Waals surface area (Å²) in [6.45, 7) is 3.59. The van der Waals surface area contributed by atoms with Crippen molar-refractivity contribution < 1.29 is 24.1 Å². The summed E-state index contributed by atoms with van der Waals surface area (Å²) in [5.41, 5.74) is 4.73. The van der Waals surface area contributed by atoms with E-state index in [0.717, 1.165) is 42.6 Å². The van der Waals surface area contributed by atoms with E-state index >= 15 is 0 Å². The van der Waals surface area contributed by atoms with Gasteiger partial charge in [0.25, 0.3) is 0 Å². The molecule has 1 aliphatic heterocycles. The summed E-state index contributed by atoms with van der Waals surface area (Å²) < 4.78 is 17.6. The Labute approximate surface area is 195 Å². The molecule has 0 radical (unpaired) electrons. The van der Waals surface area contributed by atoms with Gasteiger partial charge in [0.1, 0.15) is 12.4 Å². The van der Waals surface area contributed by atoms with Crippen molar-refractivity contribution in [2.75, 3.05) is 19.8 Å². The molecule has 5 heteroatoms. The number of ether oxygens (including phenoxy) is 3. The van der Waals surface area contributed by atoms with Crippen LogP contribution in [-0.4, -0.2) is 36.7 Å². The van der Waals surface area contributed by atoms with E-state index in [0.29, 0.717) is 19.8 Å². The minimum atomic E-state index is -0.855. The van der Waals surface area contributed by atoms with Gasteiger partial charge >= 0.3 is 5.97 Å². The first kappa shape index (κ1) is 23.1. The normalized spacial score (nSPS) is 20.1. The number of hydrogen-bond acceptors (Lipinski definition) is 4. The van der Waals surface area contributed by atoms with Crippen LogP contribution in [0.4, 0.5) is 0 Å². The first-order valence-electron chi connectivity index (χ1n) is 11.5. The Morgan fingerprint density at radius 3 is 2.64 bits per heavy atom. The summed E-state index contributed by atoms with van der Waals surface area (Å²) in [6.07, 6.45) is 14.4. The SMILES string of the molecule is CC#CC(CC(=O)O)c1ccc(OCC2=CCC(C3=CCC4(CC3)OCCO4)=CC=C2)cc1. The van der Waals surface area contributed by atoms with E-state index in [9.17, 15) is 4.79 Å². The molecule has 1 atom stereocenters. The monoisotopic (exact) mass is 446 g/mol. The Kier molecular flexibility index (Phi) is 7.49. The summed E-state index contributed by atoms with van der Waals surface area (Å²) in [4.78, 5) is 11.1. The van der Waals surface area contributed by atoms with Crippen LogP contribution in [0.25, 0.3) is 0 Å². The second kappa shape index (κ2) is 10.7. The van der Waals surface area contributed by atoms with Gasteiger partial charge in [0.05, 0.1) is 25.6 Å². The van der Waals surface area contributed by atoms with Gasteiger partial charge in [-0.1, -0.05) is 48.4 Å². The summed E-state index contributed by atoms with van der Waals surface area (Å²) in [6, 6.07) is 7.54. The number of hydrogen-bond donors (Lipinski definition) is 1. The molecule has 1 fully saturated rings. The van der Waals surface area contributed by atoms with Crippen LogP contribution >= 0.6 is 0 Å². The van der Waals surface area contributed by atoms with E-state index in [2.05, 4.69) is 42.2 Å². The van der Waals surface area contributed by atoms with Crippen molar-refractivity contribution in [2.45, 2.75) is 50.7 Å². The van der Waals surface area contributed by atoms with E-state index in [-0.39, 0.29) is 18.1 Å². The van der Waals surface area contributed by atoms with Gasteiger partial charge < -0.3 is 19.3 Å². The number of carboxylic acids is 1. The highest BCUT2D eigenvalue weighted by atomic mass is 16.7. The van der Waals surface area contributed by atoms with Crippen LogP contribution in [0, 0.1) is 11.8 Å². The van der Waals surface area contributed by atoms with Crippen LogP contribution < -0.4 is 4.74 Å². The first-order valence-corrected chi connectivity index (χ1v) is 11.5. The predicted molar refractivity (Wildman–Crippen MR) is 127 cm³/mol.